The van der Waals surface area contributed by atoms with Crippen molar-refractivity contribution in [2.45, 2.75) is 19.3 Å². The van der Waals surface area contributed by atoms with Crippen molar-refractivity contribution in [2.24, 2.45) is 0 Å². The molecule has 0 radical (unpaired) electrons. The smallest absolute Gasteiger partial charge is 0.274 e. The van der Waals surface area contributed by atoms with Gasteiger partial charge in [-0.15, -0.1) is 0 Å². The second-order valence-electron chi connectivity index (χ2n) is 9.26. The molecule has 3 fully saturated rings. The van der Waals surface area contributed by atoms with Gasteiger partial charge in [-0.1, -0.05) is 17.4 Å². The number of fused-ring (bicyclic) bond motifs is 1. The summed E-state index contributed by atoms with van der Waals surface area (Å²) < 4.78 is 11.9. The summed E-state index contributed by atoms with van der Waals surface area (Å²) in [6.07, 6.45) is 3.45. The van der Waals surface area contributed by atoms with Gasteiger partial charge in [0.1, 0.15) is 11.5 Å². The van der Waals surface area contributed by atoms with Crippen LogP contribution in [0, 0.1) is 0 Å². The van der Waals surface area contributed by atoms with Gasteiger partial charge < -0.3 is 29.5 Å². The molecule has 0 aromatic carbocycles. The van der Waals surface area contributed by atoms with Gasteiger partial charge >= 0.3 is 0 Å². The number of morpholine rings is 2. The van der Waals surface area contributed by atoms with Gasteiger partial charge in [0.25, 0.3) is 5.91 Å². The molecule has 11 heteroatoms. The van der Waals surface area contributed by atoms with E-state index in [1.807, 2.05) is 18.2 Å². The number of ether oxygens (including phenoxy) is 2. The summed E-state index contributed by atoms with van der Waals surface area (Å²) in [5.41, 5.74) is 1.83. The van der Waals surface area contributed by atoms with Crippen molar-refractivity contribution < 1.29 is 14.3 Å². The van der Waals surface area contributed by atoms with E-state index in [9.17, 15) is 4.79 Å². The molecule has 3 saturated heterocycles. The zero-order valence-corrected chi connectivity index (χ0v) is 21.1. The first-order valence-corrected chi connectivity index (χ1v) is 13.6. The summed E-state index contributed by atoms with van der Waals surface area (Å²) in [6.45, 7) is 7.80. The minimum atomic E-state index is -0.234. The quantitative estimate of drug-likeness (QED) is 0.557. The number of piperidine rings is 1. The van der Waals surface area contributed by atoms with E-state index in [-0.39, 0.29) is 5.91 Å². The average molecular weight is 510 g/mol. The van der Waals surface area contributed by atoms with E-state index >= 15 is 0 Å². The number of rotatable bonds is 5. The monoisotopic (exact) mass is 509 g/mol. The van der Waals surface area contributed by atoms with Crippen LogP contribution in [0.4, 0.5) is 22.5 Å². The van der Waals surface area contributed by atoms with Crippen molar-refractivity contribution >= 4 is 50.0 Å². The topological polar surface area (TPSA) is 96.0 Å². The number of amides is 1. The van der Waals surface area contributed by atoms with Crippen molar-refractivity contribution in [1.82, 2.24) is 15.0 Å². The summed E-state index contributed by atoms with van der Waals surface area (Å²) >= 11 is 1.61. The summed E-state index contributed by atoms with van der Waals surface area (Å²) in [7, 11) is 0. The lowest BCUT2D eigenvalue weighted by atomic mass is 10.1. The summed E-state index contributed by atoms with van der Waals surface area (Å²) in [6, 6.07) is 7.61. The van der Waals surface area contributed by atoms with Crippen LogP contribution in [0.2, 0.25) is 0 Å². The third-order valence-corrected chi connectivity index (χ3v) is 7.89. The highest BCUT2D eigenvalue weighted by Crippen LogP contribution is 2.35. The minimum Gasteiger partial charge on any atom is -0.378 e. The number of pyridine rings is 2. The van der Waals surface area contributed by atoms with Crippen LogP contribution in [0.25, 0.3) is 10.3 Å². The number of carbonyl (C=O) groups is 1. The standard InChI is InChI=1S/C25H31N7O3S/c33-24(18-5-4-6-21(26-18)30-9-13-34-14-10-30)27-19-17-20-22(28-23(19)31-7-2-1-3-8-31)29-25(36-20)32-11-15-35-16-12-32/h4-6,17H,1-3,7-16H2,(H,27,33). The zero-order chi connectivity index (χ0) is 24.3. The van der Waals surface area contributed by atoms with Crippen molar-refractivity contribution in [3.05, 3.63) is 30.0 Å². The number of aromatic nitrogens is 3. The van der Waals surface area contributed by atoms with Gasteiger partial charge in [-0.3, -0.25) is 4.79 Å². The lowest BCUT2D eigenvalue weighted by Crippen LogP contribution is -2.37. The Morgan fingerprint density at radius 2 is 1.56 bits per heavy atom. The fraction of sp³-hybridized carbons (Fsp3) is 0.520. The Labute approximate surface area is 214 Å². The van der Waals surface area contributed by atoms with Crippen LogP contribution in [0.3, 0.4) is 0 Å². The second-order valence-corrected chi connectivity index (χ2v) is 10.3. The van der Waals surface area contributed by atoms with E-state index in [4.69, 9.17) is 19.4 Å². The summed E-state index contributed by atoms with van der Waals surface area (Å²) in [5, 5.41) is 4.08. The Morgan fingerprint density at radius 3 is 2.31 bits per heavy atom. The zero-order valence-electron chi connectivity index (χ0n) is 20.3. The van der Waals surface area contributed by atoms with Crippen molar-refractivity contribution in [2.75, 3.05) is 85.7 Å². The summed E-state index contributed by atoms with van der Waals surface area (Å²) in [4.78, 5) is 34.5. The third kappa shape index (κ3) is 4.95. The number of hydrogen-bond acceptors (Lipinski definition) is 10. The number of hydrogen-bond donors (Lipinski definition) is 1. The number of anilines is 4. The van der Waals surface area contributed by atoms with Crippen LogP contribution >= 0.6 is 11.3 Å². The second kappa shape index (κ2) is 10.5. The van der Waals surface area contributed by atoms with Crippen molar-refractivity contribution in [3.63, 3.8) is 0 Å². The van der Waals surface area contributed by atoms with E-state index in [0.717, 1.165) is 79.2 Å². The van der Waals surface area contributed by atoms with Crippen LogP contribution in [0.15, 0.2) is 24.3 Å². The first-order valence-electron chi connectivity index (χ1n) is 12.7. The predicted molar refractivity (Wildman–Crippen MR) is 142 cm³/mol. The van der Waals surface area contributed by atoms with Gasteiger partial charge in [0, 0.05) is 39.3 Å². The highest BCUT2D eigenvalue weighted by molar-refractivity contribution is 7.22. The highest BCUT2D eigenvalue weighted by atomic mass is 32.1. The van der Waals surface area contributed by atoms with Gasteiger partial charge in [0.15, 0.2) is 16.6 Å². The van der Waals surface area contributed by atoms with Gasteiger partial charge in [-0.05, 0) is 37.5 Å². The Bertz CT molecular complexity index is 1220. The maximum Gasteiger partial charge on any atom is 0.274 e. The first kappa shape index (κ1) is 23.4. The largest absolute Gasteiger partial charge is 0.378 e. The molecule has 3 aliphatic heterocycles. The van der Waals surface area contributed by atoms with Gasteiger partial charge in [0.05, 0.1) is 36.8 Å². The lowest BCUT2D eigenvalue weighted by Gasteiger charge is -2.29. The Morgan fingerprint density at radius 1 is 0.833 bits per heavy atom. The molecule has 0 spiro atoms. The SMILES string of the molecule is O=C(Nc1cc2sc(N3CCOCC3)nc2nc1N1CCCCC1)c1cccc(N2CCOCC2)n1. The van der Waals surface area contributed by atoms with Crippen LogP contribution in [-0.2, 0) is 9.47 Å². The summed E-state index contributed by atoms with van der Waals surface area (Å²) in [5.74, 6) is 1.36. The first-order chi connectivity index (χ1) is 17.7. The molecule has 190 valence electrons. The van der Waals surface area contributed by atoms with E-state index in [0.29, 0.717) is 37.8 Å². The number of carbonyl (C=O) groups excluding carboxylic acids is 1. The number of thiazole rings is 1. The minimum absolute atomic E-state index is 0.234. The van der Waals surface area contributed by atoms with E-state index < -0.39 is 0 Å². The Balaban J connectivity index is 1.30. The van der Waals surface area contributed by atoms with Gasteiger partial charge in [-0.2, -0.15) is 4.98 Å². The van der Waals surface area contributed by atoms with E-state index in [1.165, 1.54) is 6.42 Å². The Hall–Kier alpha value is -3.02. The molecule has 10 nitrogen and oxygen atoms in total. The molecule has 0 atom stereocenters. The normalized spacial score (nSPS) is 19.1. The van der Waals surface area contributed by atoms with E-state index in [1.54, 1.807) is 17.4 Å². The maximum absolute atomic E-state index is 13.4. The fourth-order valence-electron chi connectivity index (χ4n) is 4.88. The molecule has 1 amide bonds. The number of nitrogens with zero attached hydrogens (tertiary/aromatic N) is 6. The lowest BCUT2D eigenvalue weighted by molar-refractivity contribution is 0.102. The highest BCUT2D eigenvalue weighted by Gasteiger charge is 2.23. The van der Waals surface area contributed by atoms with Crippen LogP contribution in [0.1, 0.15) is 29.8 Å². The van der Waals surface area contributed by atoms with Gasteiger partial charge in [-0.25, -0.2) is 9.97 Å². The third-order valence-electron chi connectivity index (χ3n) is 6.84. The molecule has 0 saturated carbocycles. The van der Waals surface area contributed by atoms with Crippen LogP contribution in [0.5, 0.6) is 0 Å². The molecular weight excluding hydrogens is 478 g/mol. The molecular formula is C25H31N7O3S. The molecule has 3 aliphatic rings. The van der Waals surface area contributed by atoms with Crippen LogP contribution < -0.4 is 20.0 Å². The number of nitrogens with one attached hydrogen (secondary N) is 1. The molecule has 3 aromatic heterocycles. The van der Waals surface area contributed by atoms with E-state index in [2.05, 4.69) is 25.0 Å². The molecule has 36 heavy (non-hydrogen) atoms. The molecule has 6 rings (SSSR count). The molecule has 0 bridgehead atoms. The molecule has 6 heterocycles. The molecule has 3 aromatic rings. The van der Waals surface area contributed by atoms with Crippen LogP contribution in [-0.4, -0.2) is 86.6 Å². The molecule has 0 aliphatic carbocycles. The Kier molecular flexibility index (Phi) is 6.84. The fourth-order valence-corrected chi connectivity index (χ4v) is 5.88. The maximum atomic E-state index is 13.4. The van der Waals surface area contributed by atoms with Gasteiger partial charge in [0.2, 0.25) is 0 Å². The predicted octanol–water partition coefficient (Wildman–Crippen LogP) is 3.00. The molecule has 1 N–H and O–H groups in total. The van der Waals surface area contributed by atoms with Crippen molar-refractivity contribution in [3.8, 4) is 0 Å². The molecule has 0 unspecified atom stereocenters. The van der Waals surface area contributed by atoms with Crippen molar-refractivity contribution in [1.29, 1.82) is 0 Å². The average Bonchev–Trinajstić information content (AvgIpc) is 3.37.